The van der Waals surface area contributed by atoms with Gasteiger partial charge in [0.25, 0.3) is 6.47 Å². The SMILES string of the molecule is C.C.C#C.CC1(C)OB(B2OC(C)(C)C(C)(C)O2)OC1(C)C.Cc1cc(O)ccc1Br.Cc1cc(Oc2nccc3occc23)ccc1-c1c(C)ncnc1C.Cc1cc(Oc2nccc3occc23)ccc1B1OC(C)(C)C(C)(C)O1.Cc1cc(Oc2nccc3occc23)ccc1Br.Cc1ncnc(C)c1Br.Clc1nccc2occc12.O=CO[O-].[Cs+].[Cs+].[H-]. The van der Waals surface area contributed by atoms with E-state index in [1.54, 1.807) is 86.8 Å². The van der Waals surface area contributed by atoms with Gasteiger partial charge >= 0.3 is 159 Å². The summed E-state index contributed by atoms with van der Waals surface area (Å²) in [4.78, 5) is 44.6. The number of aryl methyl sites for hydroxylation is 8. The monoisotopic (exact) mass is 2150 g/mol. The van der Waals surface area contributed by atoms with Crippen LogP contribution >= 0.6 is 59.4 Å². The van der Waals surface area contributed by atoms with Gasteiger partial charge in [-0.2, -0.15) is 0 Å². The van der Waals surface area contributed by atoms with E-state index in [1.165, 1.54) is 0 Å². The second-order valence-electron chi connectivity index (χ2n) is 30.7. The molecule has 125 heavy (non-hydrogen) atoms. The van der Waals surface area contributed by atoms with E-state index in [-0.39, 0.29) is 201 Å². The van der Waals surface area contributed by atoms with E-state index in [0.29, 0.717) is 34.3 Å². The van der Waals surface area contributed by atoms with Crippen LogP contribution in [0.5, 0.6) is 40.6 Å². The van der Waals surface area contributed by atoms with E-state index < -0.39 is 14.0 Å². The van der Waals surface area contributed by atoms with Crippen molar-refractivity contribution in [3.63, 3.8) is 0 Å². The molecule has 1 N–H and O–H groups in total. The van der Waals surface area contributed by atoms with Crippen LogP contribution in [0.15, 0.2) is 215 Å². The fourth-order valence-electron chi connectivity index (χ4n) is 11.8. The third-order valence-corrected chi connectivity index (χ3v) is 23.9. The van der Waals surface area contributed by atoms with E-state index in [4.69, 9.17) is 86.6 Å². The van der Waals surface area contributed by atoms with E-state index in [0.717, 1.165) is 130 Å². The minimum atomic E-state index is -0.476. The largest absolute Gasteiger partial charge is 1.00 e. The van der Waals surface area contributed by atoms with Crippen LogP contribution in [-0.2, 0) is 37.6 Å². The Morgan fingerprint density at radius 2 is 0.744 bits per heavy atom. The Morgan fingerprint density at radius 1 is 0.424 bits per heavy atom. The Balaban J connectivity index is 0.000000312. The van der Waals surface area contributed by atoms with Crippen molar-refractivity contribution in [1.82, 2.24) is 39.9 Å². The fraction of sp³-hybridized carbons (Fsp3) is 0.308. The molecule has 10 aromatic heterocycles. The van der Waals surface area contributed by atoms with Crippen LogP contribution in [0.4, 0.5) is 0 Å². The molecule has 0 spiro atoms. The standard InChI is InChI=1S/C20H22BNO4.C20H17N3O2.C14H10BrNO2.C12H24B2O4.C7H7BrO.C7H4ClNO.C6H7BrN2.C2H2.CH2O3.2CH4.2Cs.H/c1-13-12-14(24-18-15-9-11-23-17(15)8-10-22-18)6-7-16(13)21-25-19(2,3)20(4,5)26-21;1-12-10-15(25-20-17-7-9-24-18(17)6-8-21-20)4-5-16(12)19-13(2)22-11-23-14(19)3;1-9-8-10(2-3-12(9)15)18-14-11-5-7-17-13(11)4-6-16-14;1-9(2)10(3,4)16-13(15-9)14-17-11(5,6)12(7,8)18-14;1-5-4-6(9)2-3-7(5)8;8-7-5-2-4-10-6(5)1-3-9-7;1-4-6(7)5(2)9-3-8-4;1-2;2-1-4-3;;;;;/h6-12H,1-5H3;4-11H,1-3H3;2-8H,1H3;1-8H3;2-4,9H,1H3;1-4H;3H,1-2H3;1-2H;1,3H;2*1H4;;;/q;;;;;;;;;;;2*+1;-1/p-1. The summed E-state index contributed by atoms with van der Waals surface area (Å²) in [6.07, 6.45) is 24.3. The number of carbonyl (C=O) groups is 1. The molecule has 0 radical (unpaired) electrons. The number of aromatic hydroxyl groups is 1. The number of carbonyl (C=O) groups excluding carboxylic acids is 1. The molecule has 14 aromatic rings. The molecule has 4 aromatic carbocycles. The van der Waals surface area contributed by atoms with Crippen LogP contribution in [0, 0.1) is 68.2 Å². The number of terminal acetylenes is 1. The predicted octanol–water partition coefficient (Wildman–Crippen LogP) is 17.0. The topological polar surface area (TPSA) is 308 Å². The van der Waals surface area contributed by atoms with Gasteiger partial charge in [0.15, 0.2) is 0 Å². The van der Waals surface area contributed by atoms with Gasteiger partial charge < -0.3 is 76.5 Å². The molecule has 0 bridgehead atoms. The summed E-state index contributed by atoms with van der Waals surface area (Å²) in [5, 5.41) is 21.3. The zero-order valence-corrected chi connectivity index (χ0v) is 90.9. The van der Waals surface area contributed by atoms with Crippen LogP contribution in [0.25, 0.3) is 55.0 Å². The van der Waals surface area contributed by atoms with Gasteiger partial charge in [-0.1, -0.05) is 70.4 Å². The molecule has 3 aliphatic heterocycles. The number of hydrogen-bond acceptors (Lipinski definition) is 25. The van der Waals surface area contributed by atoms with Crippen molar-refractivity contribution in [2.75, 3.05) is 0 Å². The summed E-state index contributed by atoms with van der Waals surface area (Å²) in [5.41, 5.74) is 12.3. The molecule has 25 nitrogen and oxygen atoms in total. The first-order chi connectivity index (χ1) is 57.2. The number of aromatic nitrogens is 8. The number of phenols is 1. The second kappa shape index (κ2) is 48.6. The number of benzene rings is 4. The Hall–Kier alpha value is -6.22. The zero-order chi connectivity index (χ0) is 88.5. The maximum absolute atomic E-state index is 8.92. The Morgan fingerprint density at radius 3 is 1.09 bits per heavy atom. The summed E-state index contributed by atoms with van der Waals surface area (Å²) >= 11 is 15.9. The molecule has 3 saturated heterocycles. The molecule has 3 aliphatic rings. The quantitative estimate of drug-likeness (QED) is 0.0332. The predicted molar refractivity (Wildman–Crippen MR) is 492 cm³/mol. The van der Waals surface area contributed by atoms with Crippen LogP contribution in [-0.4, -0.2) is 106 Å². The Bertz CT molecular complexity index is 5780. The number of hydrogen-bond donors (Lipinski definition) is 1. The molecule has 0 amide bonds. The van der Waals surface area contributed by atoms with Crippen molar-refractivity contribution in [3.05, 3.63) is 247 Å². The number of pyridine rings is 4. The van der Waals surface area contributed by atoms with E-state index in [1.807, 2.05) is 201 Å². The van der Waals surface area contributed by atoms with Gasteiger partial charge in [-0.05, 0) is 297 Å². The average Bonchev–Trinajstić information content (AvgIpc) is 1.59. The van der Waals surface area contributed by atoms with E-state index in [2.05, 4.69) is 140 Å². The molecule has 0 unspecified atom stereocenters. The fourth-order valence-corrected chi connectivity index (χ4v) is 12.8. The van der Waals surface area contributed by atoms with Gasteiger partial charge in [0.05, 0.1) is 96.1 Å². The van der Waals surface area contributed by atoms with Crippen LogP contribution < -0.4 is 163 Å². The van der Waals surface area contributed by atoms with Gasteiger partial charge in [-0.25, -0.2) is 39.9 Å². The number of nitrogens with zero attached hydrogens (tertiary/aromatic N) is 8. The van der Waals surface area contributed by atoms with Crippen molar-refractivity contribution >= 4 is 136 Å². The van der Waals surface area contributed by atoms with Crippen LogP contribution in [0.1, 0.15) is 144 Å². The number of rotatable bonds is 10. The minimum absolute atomic E-state index is 0. The van der Waals surface area contributed by atoms with E-state index >= 15 is 0 Å². The first kappa shape index (κ1) is 109. The molecule has 13 heterocycles. The molecule has 0 saturated carbocycles. The molecular weight excluding hydrogens is 2050 g/mol. The van der Waals surface area contributed by atoms with Crippen LogP contribution in [0.3, 0.4) is 0 Å². The number of ether oxygens (including phenoxy) is 3. The zero-order valence-electron chi connectivity index (χ0n) is 73.9. The number of furan rings is 4. The molecule has 3 fully saturated rings. The molecule has 648 valence electrons. The first-order valence-corrected chi connectivity index (χ1v) is 40.7. The maximum atomic E-state index is 8.92. The number of halogens is 4. The Kier molecular flexibility index (Phi) is 42.5. The van der Waals surface area contributed by atoms with Crippen molar-refractivity contribution in [2.24, 2.45) is 0 Å². The minimum Gasteiger partial charge on any atom is -1.00 e. The third kappa shape index (κ3) is 28.4. The van der Waals surface area contributed by atoms with Gasteiger partial charge in [-0.15, -0.1) is 12.8 Å². The van der Waals surface area contributed by atoms with Gasteiger partial charge in [0.2, 0.25) is 17.6 Å². The van der Waals surface area contributed by atoms with Gasteiger partial charge in [0.1, 0.15) is 63.1 Å². The molecule has 0 atom stereocenters. The smallest absolute Gasteiger partial charge is 1.00 e. The van der Waals surface area contributed by atoms with Crippen molar-refractivity contribution in [3.8, 4) is 64.6 Å². The maximum Gasteiger partial charge on any atom is 1.00 e. The summed E-state index contributed by atoms with van der Waals surface area (Å²) in [6, 6.07) is 37.4. The van der Waals surface area contributed by atoms with E-state index in [9.17, 15) is 0 Å². The van der Waals surface area contributed by atoms with Crippen molar-refractivity contribution in [2.45, 2.75) is 187 Å². The summed E-state index contributed by atoms with van der Waals surface area (Å²) < 4.78 is 78.2. The number of fused-ring (bicyclic) bond motifs is 4. The van der Waals surface area contributed by atoms with Crippen LogP contribution in [0.2, 0.25) is 5.15 Å². The van der Waals surface area contributed by atoms with Crippen molar-refractivity contribution < 1.29 is 219 Å². The second-order valence-corrected chi connectivity index (χ2v) is 33.6. The molecule has 17 rings (SSSR count). The molecule has 34 heteroatoms. The van der Waals surface area contributed by atoms with Gasteiger partial charge in [0, 0.05) is 50.7 Å². The van der Waals surface area contributed by atoms with Gasteiger partial charge in [-0.3, -0.25) is 4.79 Å². The Labute approximate surface area is 881 Å². The summed E-state index contributed by atoms with van der Waals surface area (Å²) in [5.74, 6) is 4.14. The number of phenolic OH excluding ortho intramolecular Hbond substituents is 1. The third-order valence-electron chi connectivity index (χ3n) is 20.7. The molecule has 0 aliphatic carbocycles. The summed E-state index contributed by atoms with van der Waals surface area (Å²) in [7, 11) is -1.34. The molecular formula is C91H103B3Br3ClCs2N8O17. The normalized spacial score (nSPS) is 14.6. The van der Waals surface area contributed by atoms with Crippen molar-refractivity contribution in [1.29, 1.82) is 0 Å². The summed E-state index contributed by atoms with van der Waals surface area (Å²) in [6.45, 7) is 40.2. The average molecular weight is 2150 g/mol. The first-order valence-electron chi connectivity index (χ1n) is 38.0.